The third-order valence-electron chi connectivity index (χ3n) is 4.36. The molecule has 2 fully saturated rings. The third kappa shape index (κ3) is 2.73. The van der Waals surface area contributed by atoms with Crippen LogP contribution in [-0.4, -0.2) is 53.6 Å². The summed E-state index contributed by atoms with van der Waals surface area (Å²) in [7, 11) is 0. The van der Waals surface area contributed by atoms with Gasteiger partial charge in [-0.1, -0.05) is 6.92 Å². The van der Waals surface area contributed by atoms with Gasteiger partial charge in [0.2, 0.25) is 5.95 Å². The van der Waals surface area contributed by atoms with Gasteiger partial charge in [-0.25, -0.2) is 4.98 Å². The highest BCUT2D eigenvalue weighted by atomic mass is 15.3. The highest BCUT2D eigenvalue weighted by Gasteiger charge is 2.31. The van der Waals surface area contributed by atoms with Crippen molar-refractivity contribution in [3.05, 3.63) is 11.8 Å². The zero-order chi connectivity index (χ0) is 13.9. The van der Waals surface area contributed by atoms with E-state index in [0.717, 1.165) is 43.9 Å². The van der Waals surface area contributed by atoms with Crippen molar-refractivity contribution in [1.29, 1.82) is 0 Å². The maximum atomic E-state index is 4.73. The Hall–Kier alpha value is -1.36. The van der Waals surface area contributed by atoms with Crippen LogP contribution in [-0.2, 0) is 0 Å². The number of aryl methyl sites for hydroxylation is 1. The second-order valence-corrected chi connectivity index (χ2v) is 5.91. The van der Waals surface area contributed by atoms with Crippen LogP contribution in [0.1, 0.15) is 31.7 Å². The molecular formula is C15H25N5. The summed E-state index contributed by atoms with van der Waals surface area (Å²) in [5.74, 6) is 1.88. The highest BCUT2D eigenvalue weighted by Crippen LogP contribution is 2.26. The summed E-state index contributed by atoms with van der Waals surface area (Å²) in [5, 5.41) is 3.29. The Labute approximate surface area is 121 Å². The number of nitrogens with zero attached hydrogens (tertiary/aromatic N) is 4. The Bertz CT molecular complexity index is 462. The molecule has 3 heterocycles. The van der Waals surface area contributed by atoms with Gasteiger partial charge in [0.05, 0.1) is 0 Å². The van der Waals surface area contributed by atoms with E-state index in [2.05, 4.69) is 33.9 Å². The van der Waals surface area contributed by atoms with Crippen LogP contribution in [0.4, 0.5) is 11.8 Å². The fraction of sp³-hybridized carbons (Fsp3) is 0.733. The summed E-state index contributed by atoms with van der Waals surface area (Å²) in [6, 6.07) is 0.727. The molecular weight excluding hydrogens is 250 g/mol. The Morgan fingerprint density at radius 3 is 3.10 bits per heavy atom. The van der Waals surface area contributed by atoms with Gasteiger partial charge in [-0.3, -0.25) is 4.90 Å². The Balaban J connectivity index is 1.75. The molecule has 5 heteroatoms. The molecule has 5 nitrogen and oxygen atoms in total. The van der Waals surface area contributed by atoms with Crippen LogP contribution in [0.5, 0.6) is 0 Å². The normalized spacial score (nSPS) is 22.9. The molecule has 110 valence electrons. The van der Waals surface area contributed by atoms with Crippen molar-refractivity contribution in [1.82, 2.24) is 14.9 Å². The molecule has 0 spiro atoms. The molecule has 1 atom stereocenters. The van der Waals surface area contributed by atoms with E-state index >= 15 is 0 Å². The molecule has 0 saturated carbocycles. The fourth-order valence-electron chi connectivity index (χ4n) is 3.26. The predicted octanol–water partition coefficient (Wildman–Crippen LogP) is 1.89. The molecule has 0 aromatic carbocycles. The number of nitrogens with one attached hydrogen (secondary N) is 1. The molecule has 0 radical (unpaired) electrons. The van der Waals surface area contributed by atoms with Crippen molar-refractivity contribution in [2.75, 3.05) is 42.9 Å². The zero-order valence-corrected chi connectivity index (χ0v) is 12.6. The Morgan fingerprint density at radius 2 is 2.25 bits per heavy atom. The van der Waals surface area contributed by atoms with Crippen molar-refractivity contribution in [3.8, 4) is 0 Å². The maximum Gasteiger partial charge on any atom is 0.224 e. The van der Waals surface area contributed by atoms with Crippen LogP contribution in [0, 0.1) is 6.92 Å². The lowest BCUT2D eigenvalue weighted by Gasteiger charge is -2.38. The van der Waals surface area contributed by atoms with Gasteiger partial charge < -0.3 is 10.2 Å². The van der Waals surface area contributed by atoms with E-state index in [0.29, 0.717) is 0 Å². The van der Waals surface area contributed by atoms with Crippen molar-refractivity contribution in [3.63, 3.8) is 0 Å². The van der Waals surface area contributed by atoms with E-state index in [-0.39, 0.29) is 0 Å². The van der Waals surface area contributed by atoms with Crippen molar-refractivity contribution in [2.24, 2.45) is 0 Å². The minimum Gasteiger partial charge on any atom is -0.354 e. The number of fused-ring (bicyclic) bond motifs is 1. The van der Waals surface area contributed by atoms with E-state index in [1.165, 1.54) is 31.5 Å². The zero-order valence-electron chi connectivity index (χ0n) is 12.6. The number of aromatic nitrogens is 2. The van der Waals surface area contributed by atoms with E-state index in [1.807, 2.05) is 6.20 Å². The molecule has 1 N–H and O–H groups in total. The number of rotatable bonds is 4. The maximum absolute atomic E-state index is 4.73. The Morgan fingerprint density at radius 1 is 1.35 bits per heavy atom. The van der Waals surface area contributed by atoms with Crippen LogP contribution in [0.15, 0.2) is 6.20 Å². The van der Waals surface area contributed by atoms with Gasteiger partial charge >= 0.3 is 0 Å². The summed E-state index contributed by atoms with van der Waals surface area (Å²) in [4.78, 5) is 14.2. The first-order chi connectivity index (χ1) is 9.78. The second-order valence-electron chi connectivity index (χ2n) is 5.91. The van der Waals surface area contributed by atoms with Crippen LogP contribution in [0.2, 0.25) is 0 Å². The standard InChI is InChI=1S/C15H25N5/c1-3-6-16-15-17-10-12(2)14(18-15)20-9-8-19-7-4-5-13(19)11-20/h10,13H,3-9,11H2,1-2H3,(H,16,17,18). The second kappa shape index (κ2) is 5.95. The number of hydrogen-bond donors (Lipinski definition) is 1. The van der Waals surface area contributed by atoms with E-state index in [1.54, 1.807) is 0 Å². The molecule has 1 aromatic rings. The average Bonchev–Trinajstić information content (AvgIpc) is 2.93. The first-order valence-electron chi connectivity index (χ1n) is 7.84. The van der Waals surface area contributed by atoms with Crippen LogP contribution in [0.25, 0.3) is 0 Å². The summed E-state index contributed by atoms with van der Waals surface area (Å²) >= 11 is 0. The predicted molar refractivity (Wildman–Crippen MR) is 82.4 cm³/mol. The average molecular weight is 275 g/mol. The minimum atomic E-state index is 0.727. The van der Waals surface area contributed by atoms with Gasteiger partial charge in [-0.15, -0.1) is 0 Å². The van der Waals surface area contributed by atoms with Crippen LogP contribution in [0.3, 0.4) is 0 Å². The largest absolute Gasteiger partial charge is 0.354 e. The van der Waals surface area contributed by atoms with E-state index in [4.69, 9.17) is 4.98 Å². The highest BCUT2D eigenvalue weighted by molar-refractivity contribution is 5.49. The summed E-state index contributed by atoms with van der Waals surface area (Å²) in [6.07, 6.45) is 5.72. The molecule has 3 rings (SSSR count). The van der Waals surface area contributed by atoms with Gasteiger partial charge in [-0.05, 0) is 32.7 Å². The van der Waals surface area contributed by atoms with Crippen LogP contribution < -0.4 is 10.2 Å². The first-order valence-corrected chi connectivity index (χ1v) is 7.84. The summed E-state index contributed by atoms with van der Waals surface area (Å²) < 4.78 is 0. The molecule has 0 bridgehead atoms. The SMILES string of the molecule is CCCNc1ncc(C)c(N2CCN3CCCC3C2)n1. The quantitative estimate of drug-likeness (QED) is 0.909. The molecule has 1 unspecified atom stereocenters. The van der Waals surface area contributed by atoms with Gasteiger partial charge in [0.1, 0.15) is 5.82 Å². The number of hydrogen-bond acceptors (Lipinski definition) is 5. The third-order valence-corrected chi connectivity index (χ3v) is 4.36. The van der Waals surface area contributed by atoms with Gasteiger partial charge in [0, 0.05) is 44.0 Å². The summed E-state index contributed by atoms with van der Waals surface area (Å²) in [5.41, 5.74) is 1.18. The lowest BCUT2D eigenvalue weighted by Crippen LogP contribution is -2.50. The van der Waals surface area contributed by atoms with Crippen molar-refractivity contribution in [2.45, 2.75) is 39.2 Å². The molecule has 1 aromatic heterocycles. The fourth-order valence-corrected chi connectivity index (χ4v) is 3.26. The first kappa shape index (κ1) is 13.6. The number of anilines is 2. The van der Waals surface area contributed by atoms with Crippen molar-refractivity contribution >= 4 is 11.8 Å². The van der Waals surface area contributed by atoms with Gasteiger partial charge in [0.25, 0.3) is 0 Å². The molecule has 0 amide bonds. The summed E-state index contributed by atoms with van der Waals surface area (Å²) in [6.45, 7) is 9.85. The molecule has 20 heavy (non-hydrogen) atoms. The van der Waals surface area contributed by atoms with Gasteiger partial charge in [0.15, 0.2) is 0 Å². The van der Waals surface area contributed by atoms with E-state index < -0.39 is 0 Å². The monoisotopic (exact) mass is 275 g/mol. The van der Waals surface area contributed by atoms with E-state index in [9.17, 15) is 0 Å². The molecule has 2 aliphatic heterocycles. The lowest BCUT2D eigenvalue weighted by molar-refractivity contribution is 0.230. The molecule has 2 saturated heterocycles. The minimum absolute atomic E-state index is 0.727. The Kier molecular flexibility index (Phi) is 4.05. The van der Waals surface area contributed by atoms with Gasteiger partial charge in [-0.2, -0.15) is 4.98 Å². The molecule has 2 aliphatic rings. The lowest BCUT2D eigenvalue weighted by atomic mass is 10.1. The van der Waals surface area contributed by atoms with Crippen LogP contribution >= 0.6 is 0 Å². The van der Waals surface area contributed by atoms with Crippen molar-refractivity contribution < 1.29 is 0 Å². The smallest absolute Gasteiger partial charge is 0.224 e. The topological polar surface area (TPSA) is 44.3 Å². The number of piperazine rings is 1. The molecule has 0 aliphatic carbocycles.